The first-order chi connectivity index (χ1) is 9.38. The lowest BCUT2D eigenvalue weighted by Crippen LogP contribution is -2.19. The van der Waals surface area contributed by atoms with Crippen LogP contribution in [-0.2, 0) is 0 Å². The Bertz CT molecular complexity index is 540. The minimum atomic E-state index is 0.0205. The highest BCUT2D eigenvalue weighted by atomic mass is 16.5. The lowest BCUT2D eigenvalue weighted by molar-refractivity contribution is 0.297. The third-order valence-electron chi connectivity index (χ3n) is 3.19. The summed E-state index contributed by atoms with van der Waals surface area (Å²) in [6.07, 6.45) is 4.49. The zero-order valence-corrected chi connectivity index (χ0v) is 10.8. The van der Waals surface area contributed by atoms with Crippen molar-refractivity contribution in [3.8, 4) is 11.5 Å². The van der Waals surface area contributed by atoms with Gasteiger partial charge in [0.2, 0.25) is 0 Å². The Morgan fingerprint density at radius 3 is 2.84 bits per heavy atom. The van der Waals surface area contributed by atoms with E-state index in [1.807, 2.05) is 31.4 Å². The van der Waals surface area contributed by atoms with Gasteiger partial charge in [-0.3, -0.25) is 0 Å². The largest absolute Gasteiger partial charge is 0.490 e. The number of imidazole rings is 1. The molecule has 0 saturated heterocycles. The smallest absolute Gasteiger partial charge is 0.161 e. The maximum Gasteiger partial charge on any atom is 0.161 e. The number of nitrogens with zero attached hydrogens (tertiary/aromatic N) is 1. The van der Waals surface area contributed by atoms with Gasteiger partial charge < -0.3 is 19.8 Å². The van der Waals surface area contributed by atoms with Crippen molar-refractivity contribution in [2.75, 3.05) is 20.3 Å². The van der Waals surface area contributed by atoms with Gasteiger partial charge in [-0.15, -0.1) is 0 Å². The maximum absolute atomic E-state index is 5.72. The number of nitrogens with one attached hydrogen (secondary N) is 2. The van der Waals surface area contributed by atoms with Gasteiger partial charge in [0.1, 0.15) is 5.82 Å². The fourth-order valence-corrected chi connectivity index (χ4v) is 2.26. The summed E-state index contributed by atoms with van der Waals surface area (Å²) in [6.45, 7) is 1.40. The number of hydrogen-bond acceptors (Lipinski definition) is 4. The van der Waals surface area contributed by atoms with E-state index in [1.165, 1.54) is 0 Å². The number of ether oxygens (including phenoxy) is 2. The van der Waals surface area contributed by atoms with E-state index >= 15 is 0 Å². The molecule has 3 rings (SSSR count). The first kappa shape index (κ1) is 12.0. The second-order valence-electron chi connectivity index (χ2n) is 4.45. The van der Waals surface area contributed by atoms with E-state index in [0.717, 1.165) is 29.3 Å². The van der Waals surface area contributed by atoms with Crippen LogP contribution in [-0.4, -0.2) is 30.2 Å². The van der Waals surface area contributed by atoms with Crippen LogP contribution in [0.25, 0.3) is 0 Å². The Morgan fingerprint density at radius 2 is 2.11 bits per heavy atom. The number of fused-ring (bicyclic) bond motifs is 1. The molecule has 1 aliphatic rings. The van der Waals surface area contributed by atoms with Gasteiger partial charge in [0.25, 0.3) is 0 Å². The van der Waals surface area contributed by atoms with E-state index in [1.54, 1.807) is 6.20 Å². The van der Waals surface area contributed by atoms with Crippen molar-refractivity contribution in [2.24, 2.45) is 0 Å². The molecule has 0 spiro atoms. The first-order valence-corrected chi connectivity index (χ1v) is 6.44. The van der Waals surface area contributed by atoms with Crippen LogP contribution in [0.3, 0.4) is 0 Å². The van der Waals surface area contributed by atoms with Crippen LogP contribution >= 0.6 is 0 Å². The summed E-state index contributed by atoms with van der Waals surface area (Å²) in [5.74, 6) is 2.51. The maximum atomic E-state index is 5.72. The summed E-state index contributed by atoms with van der Waals surface area (Å²) in [5, 5.41) is 3.25. The molecule has 100 valence electrons. The average Bonchev–Trinajstić information content (AvgIpc) is 2.85. The number of H-pyrrole nitrogens is 1. The summed E-state index contributed by atoms with van der Waals surface area (Å²) < 4.78 is 11.4. The molecule has 0 fully saturated rings. The molecule has 0 saturated carbocycles. The van der Waals surface area contributed by atoms with Gasteiger partial charge in [-0.25, -0.2) is 4.98 Å². The van der Waals surface area contributed by atoms with Crippen molar-refractivity contribution >= 4 is 0 Å². The minimum Gasteiger partial charge on any atom is -0.490 e. The fraction of sp³-hybridized carbons (Fsp3) is 0.357. The Hall–Kier alpha value is -2.01. The standard InChI is InChI=1S/C14H17N3O2/c1-15-13(14-16-5-6-17-14)10-3-4-11-12(9-10)19-8-2-7-18-11/h3-6,9,13,15H,2,7-8H2,1H3,(H,16,17). The average molecular weight is 259 g/mol. The third kappa shape index (κ3) is 2.42. The highest BCUT2D eigenvalue weighted by Crippen LogP contribution is 2.33. The summed E-state index contributed by atoms with van der Waals surface area (Å²) >= 11 is 0. The van der Waals surface area contributed by atoms with Crippen LogP contribution in [0.1, 0.15) is 23.9 Å². The summed E-state index contributed by atoms with van der Waals surface area (Å²) in [6, 6.07) is 6.04. The molecule has 1 aromatic carbocycles. The third-order valence-corrected chi connectivity index (χ3v) is 3.19. The molecule has 2 aromatic rings. The van der Waals surface area contributed by atoms with Gasteiger partial charge in [0, 0.05) is 18.8 Å². The van der Waals surface area contributed by atoms with Crippen LogP contribution in [0.5, 0.6) is 11.5 Å². The Labute approximate surface area is 112 Å². The van der Waals surface area contributed by atoms with E-state index in [2.05, 4.69) is 15.3 Å². The summed E-state index contributed by atoms with van der Waals surface area (Å²) in [5.41, 5.74) is 1.10. The van der Waals surface area contributed by atoms with Crippen LogP contribution in [0.4, 0.5) is 0 Å². The molecule has 1 aliphatic heterocycles. The lowest BCUT2D eigenvalue weighted by Gasteiger charge is -2.16. The van der Waals surface area contributed by atoms with Gasteiger partial charge in [-0.1, -0.05) is 6.07 Å². The number of rotatable bonds is 3. The van der Waals surface area contributed by atoms with E-state index in [0.29, 0.717) is 13.2 Å². The zero-order valence-electron chi connectivity index (χ0n) is 10.8. The van der Waals surface area contributed by atoms with Crippen molar-refractivity contribution in [2.45, 2.75) is 12.5 Å². The van der Waals surface area contributed by atoms with Crippen molar-refractivity contribution < 1.29 is 9.47 Å². The van der Waals surface area contributed by atoms with Crippen LogP contribution in [0.2, 0.25) is 0 Å². The van der Waals surface area contributed by atoms with Gasteiger partial charge in [-0.2, -0.15) is 0 Å². The van der Waals surface area contributed by atoms with Crippen LogP contribution in [0.15, 0.2) is 30.6 Å². The van der Waals surface area contributed by atoms with Gasteiger partial charge >= 0.3 is 0 Å². The highest BCUT2D eigenvalue weighted by Gasteiger charge is 2.18. The quantitative estimate of drug-likeness (QED) is 0.883. The van der Waals surface area contributed by atoms with E-state index < -0.39 is 0 Å². The molecular formula is C14H17N3O2. The highest BCUT2D eigenvalue weighted by molar-refractivity contribution is 5.45. The molecule has 1 unspecified atom stereocenters. The summed E-state index contributed by atoms with van der Waals surface area (Å²) in [4.78, 5) is 7.44. The van der Waals surface area contributed by atoms with Gasteiger partial charge in [0.05, 0.1) is 19.3 Å². The Morgan fingerprint density at radius 1 is 1.26 bits per heavy atom. The van der Waals surface area contributed by atoms with Crippen molar-refractivity contribution in [1.29, 1.82) is 0 Å². The van der Waals surface area contributed by atoms with E-state index in [-0.39, 0.29) is 6.04 Å². The molecule has 2 N–H and O–H groups in total. The fourth-order valence-electron chi connectivity index (χ4n) is 2.26. The predicted molar refractivity (Wildman–Crippen MR) is 71.5 cm³/mol. The molecule has 5 nitrogen and oxygen atoms in total. The molecule has 5 heteroatoms. The molecule has 1 atom stereocenters. The van der Waals surface area contributed by atoms with Crippen LogP contribution < -0.4 is 14.8 Å². The molecule has 0 radical (unpaired) electrons. The van der Waals surface area contributed by atoms with Crippen LogP contribution in [0, 0.1) is 0 Å². The molecule has 2 heterocycles. The molecule has 0 bridgehead atoms. The second kappa shape index (κ2) is 5.32. The van der Waals surface area contributed by atoms with E-state index in [9.17, 15) is 0 Å². The molecule has 19 heavy (non-hydrogen) atoms. The first-order valence-electron chi connectivity index (χ1n) is 6.44. The SMILES string of the molecule is CNC(c1ccc2c(c1)OCCCO2)c1ncc[nH]1. The second-order valence-corrected chi connectivity index (χ2v) is 4.45. The normalized spacial score (nSPS) is 15.8. The molecule has 0 amide bonds. The monoisotopic (exact) mass is 259 g/mol. The zero-order chi connectivity index (χ0) is 13.1. The Kier molecular flexibility index (Phi) is 3.37. The molecule has 1 aromatic heterocycles. The number of aromatic amines is 1. The Balaban J connectivity index is 1.94. The van der Waals surface area contributed by atoms with Gasteiger partial charge in [-0.05, 0) is 24.7 Å². The number of aromatic nitrogens is 2. The number of benzene rings is 1. The van der Waals surface area contributed by atoms with Crippen molar-refractivity contribution in [1.82, 2.24) is 15.3 Å². The minimum absolute atomic E-state index is 0.0205. The van der Waals surface area contributed by atoms with Gasteiger partial charge in [0.15, 0.2) is 11.5 Å². The number of hydrogen-bond donors (Lipinski definition) is 2. The predicted octanol–water partition coefficient (Wildman–Crippen LogP) is 1.88. The molecule has 0 aliphatic carbocycles. The molecular weight excluding hydrogens is 242 g/mol. The lowest BCUT2D eigenvalue weighted by atomic mass is 10.1. The van der Waals surface area contributed by atoms with Crippen molar-refractivity contribution in [3.05, 3.63) is 42.0 Å². The van der Waals surface area contributed by atoms with Crippen molar-refractivity contribution in [3.63, 3.8) is 0 Å². The topological polar surface area (TPSA) is 59.2 Å². The van der Waals surface area contributed by atoms with E-state index in [4.69, 9.17) is 9.47 Å². The summed E-state index contributed by atoms with van der Waals surface area (Å²) in [7, 11) is 1.91.